The predicted molar refractivity (Wildman–Crippen MR) is 193 cm³/mol. The second-order valence-corrected chi connectivity index (χ2v) is 14.5. The van der Waals surface area contributed by atoms with Crippen molar-refractivity contribution in [2.24, 2.45) is 5.92 Å². The quantitative estimate of drug-likeness (QED) is 0.226. The molecule has 14 nitrogen and oxygen atoms in total. The van der Waals surface area contributed by atoms with Crippen molar-refractivity contribution in [2.75, 3.05) is 19.8 Å². The van der Waals surface area contributed by atoms with E-state index in [4.69, 9.17) is 21.1 Å². The lowest BCUT2D eigenvalue weighted by Gasteiger charge is -2.47. The molecule has 8 atom stereocenters. The van der Waals surface area contributed by atoms with Gasteiger partial charge in [0.1, 0.15) is 18.0 Å². The molecule has 53 heavy (non-hydrogen) atoms. The van der Waals surface area contributed by atoms with Crippen LogP contribution in [0, 0.1) is 5.92 Å². The Bertz CT molecular complexity index is 1680. The molecular formula is C38H48ClN3O11. The standard InChI is InChI=1S/C38H48ClN3O11/c1-21(43)41-31-29(44)18-38(37(50)51)13-5-8-22-7-4-10-23(15-22)28(42-36(49)25-11-6-14-52-20-25)12-3-2-9-24-16-26(17-27(39)32(24)46)35(48)40-19-30(45)33(47)34(31)53-38/h4-5,7-8,10,15-17,25,28-31,33-34,44-47H,2-3,6,9,11-14,18-20H2,1H3,(H,40,48)(H,41,43)(H,42,49)(H,50,51)/b8-5+/t25?,28-,29-,30+,31?,33?,34?,38?/m0/s1. The number of aliphatic carboxylic acids is 1. The number of aryl methyl sites for hydroxylation is 1. The molecule has 288 valence electrons. The van der Waals surface area contributed by atoms with Gasteiger partial charge in [-0.15, -0.1) is 0 Å². The van der Waals surface area contributed by atoms with E-state index in [0.29, 0.717) is 50.0 Å². The van der Waals surface area contributed by atoms with Crippen LogP contribution in [0.3, 0.4) is 0 Å². The van der Waals surface area contributed by atoms with Crippen molar-refractivity contribution in [3.8, 4) is 5.75 Å². The summed E-state index contributed by atoms with van der Waals surface area (Å²) < 4.78 is 11.6. The normalized spacial score (nSPS) is 30.7. The van der Waals surface area contributed by atoms with Crippen LogP contribution in [-0.4, -0.2) is 105 Å². The van der Waals surface area contributed by atoms with Crippen LogP contribution in [0.1, 0.15) is 85.0 Å². The van der Waals surface area contributed by atoms with Gasteiger partial charge in [-0.25, -0.2) is 4.79 Å². The fraction of sp³-hybridized carbons (Fsp3) is 0.526. The molecule has 2 saturated heterocycles. The number of aliphatic hydroxyl groups is 3. The highest BCUT2D eigenvalue weighted by Gasteiger charge is 2.54. The maximum atomic E-state index is 13.4. The summed E-state index contributed by atoms with van der Waals surface area (Å²) in [6.07, 6.45) is -0.491. The van der Waals surface area contributed by atoms with Crippen molar-refractivity contribution >= 4 is 41.4 Å². The van der Waals surface area contributed by atoms with Gasteiger partial charge in [-0.3, -0.25) is 14.4 Å². The number of aliphatic hydroxyl groups excluding tert-OH is 3. The number of ether oxygens (including phenoxy) is 2. The number of rotatable bonds is 4. The van der Waals surface area contributed by atoms with Crippen LogP contribution in [0.25, 0.3) is 6.08 Å². The molecule has 3 amide bonds. The molecule has 3 aliphatic heterocycles. The zero-order chi connectivity index (χ0) is 38.3. The van der Waals surface area contributed by atoms with Crippen LogP contribution in [0.2, 0.25) is 5.02 Å². The van der Waals surface area contributed by atoms with Gasteiger partial charge in [0.05, 0.1) is 41.8 Å². The highest BCUT2D eigenvalue weighted by Crippen LogP contribution is 2.36. The van der Waals surface area contributed by atoms with Gasteiger partial charge in [0, 0.05) is 38.5 Å². The number of amides is 3. The number of benzene rings is 2. The van der Waals surface area contributed by atoms with Gasteiger partial charge >= 0.3 is 5.97 Å². The first-order valence-corrected chi connectivity index (χ1v) is 18.3. The van der Waals surface area contributed by atoms with Crippen molar-refractivity contribution in [1.82, 2.24) is 16.0 Å². The minimum atomic E-state index is -2.06. The van der Waals surface area contributed by atoms with E-state index in [0.717, 1.165) is 18.4 Å². The number of carboxylic acids is 1. The van der Waals surface area contributed by atoms with Gasteiger partial charge in [0.15, 0.2) is 5.60 Å². The number of nitrogens with one attached hydrogen (secondary N) is 3. The second-order valence-electron chi connectivity index (χ2n) is 14.1. The number of β-amino-alcohol motifs (C(OH)–C–C–N with tert-alkyl or cyclic N) is 1. The van der Waals surface area contributed by atoms with Crippen LogP contribution in [0.4, 0.5) is 0 Å². The Labute approximate surface area is 312 Å². The minimum absolute atomic E-state index is 0.0554. The number of aromatic hydroxyl groups is 1. The van der Waals surface area contributed by atoms with E-state index in [-0.39, 0.29) is 40.6 Å². The maximum absolute atomic E-state index is 13.4. The number of hydrogen-bond donors (Lipinski definition) is 8. The number of halogens is 1. The molecule has 8 N–H and O–H groups in total. The third kappa shape index (κ3) is 9.93. The van der Waals surface area contributed by atoms with Crippen LogP contribution in [-0.2, 0) is 30.3 Å². The lowest BCUT2D eigenvalue weighted by Crippen LogP contribution is -2.67. The van der Waals surface area contributed by atoms with E-state index in [9.17, 15) is 44.7 Å². The Morgan fingerprint density at radius 1 is 1.02 bits per heavy atom. The predicted octanol–water partition coefficient (Wildman–Crippen LogP) is 2.39. The summed E-state index contributed by atoms with van der Waals surface area (Å²) >= 11 is 6.30. The molecule has 0 radical (unpaired) electrons. The van der Waals surface area contributed by atoms with E-state index in [1.54, 1.807) is 12.2 Å². The topological polar surface area (TPSA) is 224 Å². The minimum Gasteiger partial charge on any atom is -0.506 e. The second kappa shape index (κ2) is 17.9. The number of hydrogen-bond acceptors (Lipinski definition) is 10. The molecule has 2 aromatic rings. The number of phenolic OH excluding ortho intramolecular Hbond substituents is 1. The first kappa shape index (κ1) is 40.1. The van der Waals surface area contributed by atoms with Crippen LogP contribution in [0.5, 0.6) is 5.75 Å². The van der Waals surface area contributed by atoms with Crippen LogP contribution < -0.4 is 16.0 Å². The summed E-state index contributed by atoms with van der Waals surface area (Å²) in [5.74, 6) is -3.26. The Kier molecular flexibility index (Phi) is 13.5. The van der Waals surface area contributed by atoms with E-state index in [1.807, 2.05) is 24.3 Å². The number of carboxylic acid groups (broad SMARTS) is 1. The highest BCUT2D eigenvalue weighted by molar-refractivity contribution is 6.32. The Morgan fingerprint density at radius 2 is 1.81 bits per heavy atom. The number of carbonyl (C=O) groups excluding carboxylic acids is 3. The molecule has 0 saturated carbocycles. The van der Waals surface area contributed by atoms with Crippen LogP contribution in [0.15, 0.2) is 42.5 Å². The fourth-order valence-electron chi connectivity index (χ4n) is 7.22. The summed E-state index contributed by atoms with van der Waals surface area (Å²) in [7, 11) is 0. The SMILES string of the molecule is CC(=O)NC1C2OC(C(=O)O)(C/C=C/c3cccc(c3)[C@@H](NC(=O)C3CCCOC3)CCCCc3cc(cc(Cl)c3O)C(=O)NC[C@@H](O)C2O)C[C@@H]1O. The van der Waals surface area contributed by atoms with Gasteiger partial charge in [0.2, 0.25) is 11.8 Å². The lowest BCUT2D eigenvalue weighted by molar-refractivity contribution is -0.226. The average molecular weight is 758 g/mol. The molecule has 2 fully saturated rings. The summed E-state index contributed by atoms with van der Waals surface area (Å²) in [6.45, 7) is 1.62. The first-order valence-electron chi connectivity index (χ1n) is 17.9. The van der Waals surface area contributed by atoms with E-state index < -0.39 is 66.8 Å². The summed E-state index contributed by atoms with van der Waals surface area (Å²) in [5, 5.41) is 62.7. The molecular weight excluding hydrogens is 710 g/mol. The summed E-state index contributed by atoms with van der Waals surface area (Å²) in [5.41, 5.74) is -0.0366. The molecule has 0 spiro atoms. The average Bonchev–Trinajstić information content (AvgIpc) is 3.13. The zero-order valence-corrected chi connectivity index (χ0v) is 30.3. The first-order chi connectivity index (χ1) is 25.3. The van der Waals surface area contributed by atoms with E-state index in [2.05, 4.69) is 16.0 Å². The van der Waals surface area contributed by atoms with Gasteiger partial charge in [0.25, 0.3) is 5.91 Å². The van der Waals surface area contributed by atoms with Crippen molar-refractivity contribution in [2.45, 2.75) is 100 Å². The summed E-state index contributed by atoms with van der Waals surface area (Å²) in [6, 6.07) is 8.50. The third-order valence-electron chi connectivity index (χ3n) is 10.1. The summed E-state index contributed by atoms with van der Waals surface area (Å²) in [4.78, 5) is 51.4. The lowest BCUT2D eigenvalue weighted by atomic mass is 9.81. The molecule has 3 heterocycles. The number of phenols is 1. The molecule has 3 aliphatic rings. The smallest absolute Gasteiger partial charge is 0.336 e. The molecule has 2 aromatic carbocycles. The third-order valence-corrected chi connectivity index (χ3v) is 10.4. The fourth-order valence-corrected chi connectivity index (χ4v) is 7.46. The van der Waals surface area contributed by atoms with Crippen molar-refractivity contribution in [1.29, 1.82) is 0 Å². The monoisotopic (exact) mass is 757 g/mol. The highest BCUT2D eigenvalue weighted by atomic mass is 35.5. The molecule has 5 rings (SSSR count). The molecule has 15 heteroatoms. The van der Waals surface area contributed by atoms with Crippen molar-refractivity contribution < 1.29 is 54.2 Å². The number of carbonyl (C=O) groups is 4. The Hall–Kier alpha value is -4.05. The van der Waals surface area contributed by atoms with Gasteiger partial charge in [-0.2, -0.15) is 0 Å². The Morgan fingerprint density at radius 3 is 2.53 bits per heavy atom. The maximum Gasteiger partial charge on any atom is 0.336 e. The van der Waals surface area contributed by atoms with Gasteiger partial charge < -0.3 is 51.0 Å². The van der Waals surface area contributed by atoms with E-state index >= 15 is 0 Å². The molecule has 5 unspecified atom stereocenters. The van der Waals surface area contributed by atoms with Crippen molar-refractivity contribution in [3.05, 3.63) is 69.8 Å². The van der Waals surface area contributed by atoms with Gasteiger partial charge in [-0.1, -0.05) is 48.4 Å². The molecule has 6 bridgehead atoms. The largest absolute Gasteiger partial charge is 0.506 e. The van der Waals surface area contributed by atoms with Crippen molar-refractivity contribution in [3.63, 3.8) is 0 Å². The van der Waals surface area contributed by atoms with Crippen LogP contribution >= 0.6 is 11.6 Å². The Balaban J connectivity index is 1.50. The van der Waals surface area contributed by atoms with E-state index in [1.165, 1.54) is 19.1 Å². The zero-order valence-electron chi connectivity index (χ0n) is 29.5. The van der Waals surface area contributed by atoms with Gasteiger partial charge in [-0.05, 0) is 67.0 Å². The molecule has 0 aromatic heterocycles. The number of fused-ring (bicyclic) bond motifs is 6. The molecule has 0 aliphatic carbocycles.